The number of anilines is 1. The molecule has 8 heteroatoms. The molecule has 1 N–H and O–H groups in total. The molecule has 0 saturated carbocycles. The maximum atomic E-state index is 5.38. The highest BCUT2D eigenvalue weighted by Gasteiger charge is 2.29. The fourth-order valence-corrected chi connectivity index (χ4v) is 4.70. The van der Waals surface area contributed by atoms with Crippen LogP contribution in [0.25, 0.3) is 0 Å². The number of guanidine groups is 1. The van der Waals surface area contributed by atoms with E-state index in [1.165, 1.54) is 12.1 Å². The van der Waals surface area contributed by atoms with E-state index in [2.05, 4.69) is 61.0 Å². The Balaban J connectivity index is 0.00000272. The van der Waals surface area contributed by atoms with Crippen LogP contribution in [0.2, 0.25) is 0 Å². The third kappa shape index (κ3) is 5.64. The number of hydrogen-bond acceptors (Lipinski definition) is 4. The van der Waals surface area contributed by atoms with E-state index in [4.69, 9.17) is 4.74 Å². The molecule has 7 nitrogen and oxygen atoms in total. The van der Waals surface area contributed by atoms with Crippen molar-refractivity contribution in [2.24, 2.45) is 16.8 Å². The van der Waals surface area contributed by atoms with Crippen LogP contribution >= 0.6 is 24.0 Å². The van der Waals surface area contributed by atoms with Crippen LogP contribution in [-0.2, 0) is 0 Å². The highest BCUT2D eigenvalue weighted by molar-refractivity contribution is 14.0. The fourth-order valence-electron chi connectivity index (χ4n) is 4.70. The Hall–Kier alpha value is -1.97. The number of imidazole rings is 1. The zero-order chi connectivity index (χ0) is 20.9. The molecule has 1 aromatic heterocycles. The first-order chi connectivity index (χ1) is 14.7. The molecule has 0 radical (unpaired) electrons. The molecular weight excluding hydrogens is 503 g/mol. The molecule has 3 atom stereocenters. The van der Waals surface area contributed by atoms with E-state index in [-0.39, 0.29) is 24.0 Å². The summed E-state index contributed by atoms with van der Waals surface area (Å²) in [5, 5.41) is 3.66. The summed E-state index contributed by atoms with van der Waals surface area (Å²) in [6.07, 6.45) is 8.23. The number of nitrogens with zero attached hydrogens (tertiary/aromatic N) is 5. The van der Waals surface area contributed by atoms with E-state index >= 15 is 0 Å². The maximum absolute atomic E-state index is 5.38. The summed E-state index contributed by atoms with van der Waals surface area (Å²) in [6, 6.07) is 8.80. The summed E-state index contributed by atoms with van der Waals surface area (Å²) in [5.41, 5.74) is 1.24. The van der Waals surface area contributed by atoms with Gasteiger partial charge in [-0.25, -0.2) is 4.98 Å². The lowest BCUT2D eigenvalue weighted by atomic mass is 9.93. The molecule has 1 aromatic carbocycles. The Labute approximate surface area is 202 Å². The lowest BCUT2D eigenvalue weighted by Crippen LogP contribution is -2.49. The smallest absolute Gasteiger partial charge is 0.193 e. The number of aliphatic imine (C=N–C) groups is 1. The second-order valence-corrected chi connectivity index (χ2v) is 8.52. The van der Waals surface area contributed by atoms with E-state index in [9.17, 15) is 0 Å². The Morgan fingerprint density at radius 1 is 1.26 bits per heavy atom. The average molecular weight is 538 g/mol. The molecule has 0 bridgehead atoms. The lowest BCUT2D eigenvalue weighted by Gasteiger charge is -2.39. The molecule has 170 valence electrons. The van der Waals surface area contributed by atoms with E-state index < -0.39 is 0 Å². The van der Waals surface area contributed by atoms with Crippen LogP contribution in [0.15, 0.2) is 48.0 Å². The lowest BCUT2D eigenvalue weighted by molar-refractivity contribution is 0.188. The van der Waals surface area contributed by atoms with Gasteiger partial charge in [0.25, 0.3) is 0 Å². The Morgan fingerprint density at radius 2 is 2.13 bits per heavy atom. The average Bonchev–Trinajstić information content (AvgIpc) is 3.47. The molecule has 2 aliphatic rings. The van der Waals surface area contributed by atoms with Gasteiger partial charge in [-0.3, -0.25) is 4.99 Å². The molecule has 2 saturated heterocycles. The molecule has 2 fully saturated rings. The number of benzene rings is 1. The standard InChI is InChI=1S/C23H34N6O.HI/c1-18-7-10-28(16-22(18)29-12-9-25-17-29)23(24-2)26-14-19-8-11-27(15-19)20-5-4-6-21(13-20)30-3;/h4-6,9,12-13,17-19,22H,7-8,10-11,14-16H2,1-3H3,(H,24,26);1H. The van der Waals surface area contributed by atoms with Crippen LogP contribution in [0, 0.1) is 11.8 Å². The van der Waals surface area contributed by atoms with Crippen LogP contribution in [0.3, 0.4) is 0 Å². The van der Waals surface area contributed by atoms with Crippen LogP contribution < -0.4 is 15.0 Å². The summed E-state index contributed by atoms with van der Waals surface area (Å²) in [7, 11) is 3.62. The molecule has 0 aliphatic carbocycles. The van der Waals surface area contributed by atoms with Crippen molar-refractivity contribution in [2.75, 3.05) is 51.8 Å². The molecule has 2 aromatic rings. The molecule has 31 heavy (non-hydrogen) atoms. The minimum absolute atomic E-state index is 0. The van der Waals surface area contributed by atoms with Gasteiger partial charge in [-0.05, 0) is 36.8 Å². The summed E-state index contributed by atoms with van der Waals surface area (Å²) < 4.78 is 7.62. The van der Waals surface area contributed by atoms with Gasteiger partial charge in [0, 0.05) is 63.9 Å². The molecule has 0 spiro atoms. The third-order valence-electron chi connectivity index (χ3n) is 6.59. The number of nitrogens with one attached hydrogen (secondary N) is 1. The minimum Gasteiger partial charge on any atom is -0.497 e. The minimum atomic E-state index is 0. The monoisotopic (exact) mass is 538 g/mol. The first-order valence-corrected chi connectivity index (χ1v) is 11.0. The first-order valence-electron chi connectivity index (χ1n) is 11.0. The van der Waals surface area contributed by atoms with Gasteiger partial charge in [0.2, 0.25) is 0 Å². The summed E-state index contributed by atoms with van der Waals surface area (Å²) >= 11 is 0. The Bertz CT molecular complexity index is 842. The van der Waals surface area contributed by atoms with Crippen LogP contribution in [0.1, 0.15) is 25.8 Å². The van der Waals surface area contributed by atoms with Gasteiger partial charge < -0.3 is 24.4 Å². The summed E-state index contributed by atoms with van der Waals surface area (Å²) in [5.74, 6) is 3.19. The molecule has 0 amide bonds. The molecule has 3 heterocycles. The second-order valence-electron chi connectivity index (χ2n) is 8.52. The van der Waals surface area contributed by atoms with Crippen molar-refractivity contribution in [1.82, 2.24) is 19.8 Å². The van der Waals surface area contributed by atoms with Crippen LogP contribution in [0.5, 0.6) is 5.75 Å². The van der Waals surface area contributed by atoms with Gasteiger partial charge in [-0.1, -0.05) is 13.0 Å². The summed E-state index contributed by atoms with van der Waals surface area (Å²) in [4.78, 5) is 13.7. The number of methoxy groups -OCH3 is 1. The normalized spacial score (nSPS) is 24.1. The summed E-state index contributed by atoms with van der Waals surface area (Å²) in [6.45, 7) is 7.46. The van der Waals surface area contributed by atoms with Crippen molar-refractivity contribution in [3.05, 3.63) is 43.0 Å². The SMILES string of the molecule is CN=C(NCC1CCN(c2cccc(OC)c2)C1)N1CCC(C)C(n2ccnc2)C1.I. The predicted octanol–water partition coefficient (Wildman–Crippen LogP) is 3.49. The number of ether oxygens (including phenoxy) is 1. The number of piperidine rings is 1. The maximum Gasteiger partial charge on any atom is 0.193 e. The Morgan fingerprint density at radius 3 is 2.87 bits per heavy atom. The van der Waals surface area contributed by atoms with E-state index in [0.717, 1.165) is 50.9 Å². The highest BCUT2D eigenvalue weighted by Crippen LogP contribution is 2.28. The zero-order valence-corrected chi connectivity index (χ0v) is 21.1. The van der Waals surface area contributed by atoms with Crippen molar-refractivity contribution in [1.29, 1.82) is 0 Å². The van der Waals surface area contributed by atoms with Gasteiger partial charge >= 0.3 is 0 Å². The third-order valence-corrected chi connectivity index (χ3v) is 6.59. The van der Waals surface area contributed by atoms with Crippen molar-refractivity contribution >= 4 is 35.6 Å². The Kier molecular flexibility index (Phi) is 8.45. The number of rotatable bonds is 5. The van der Waals surface area contributed by atoms with Gasteiger partial charge in [0.1, 0.15) is 5.75 Å². The zero-order valence-electron chi connectivity index (χ0n) is 18.8. The highest BCUT2D eigenvalue weighted by atomic mass is 127. The second kappa shape index (κ2) is 11.1. The van der Waals surface area contributed by atoms with Gasteiger partial charge in [-0.15, -0.1) is 24.0 Å². The topological polar surface area (TPSA) is 57.9 Å². The van der Waals surface area contributed by atoms with Gasteiger partial charge in [-0.2, -0.15) is 0 Å². The number of hydrogen-bond donors (Lipinski definition) is 1. The molecule has 2 aliphatic heterocycles. The van der Waals surface area contributed by atoms with E-state index in [1.807, 2.05) is 25.6 Å². The van der Waals surface area contributed by atoms with Crippen molar-refractivity contribution in [2.45, 2.75) is 25.8 Å². The fraction of sp³-hybridized carbons (Fsp3) is 0.565. The number of likely N-dealkylation sites (tertiary alicyclic amines) is 1. The van der Waals surface area contributed by atoms with Crippen molar-refractivity contribution in [3.63, 3.8) is 0 Å². The van der Waals surface area contributed by atoms with Gasteiger partial charge in [0.05, 0.1) is 19.5 Å². The van der Waals surface area contributed by atoms with Crippen molar-refractivity contribution < 1.29 is 4.74 Å². The van der Waals surface area contributed by atoms with E-state index in [1.54, 1.807) is 7.11 Å². The van der Waals surface area contributed by atoms with Crippen LogP contribution in [0.4, 0.5) is 5.69 Å². The molecular formula is C23H35IN6O. The molecule has 3 unspecified atom stereocenters. The van der Waals surface area contributed by atoms with Crippen molar-refractivity contribution in [3.8, 4) is 5.75 Å². The molecule has 4 rings (SSSR count). The van der Waals surface area contributed by atoms with Gasteiger partial charge in [0.15, 0.2) is 5.96 Å². The number of aromatic nitrogens is 2. The van der Waals surface area contributed by atoms with Crippen LogP contribution in [-0.4, -0.2) is 67.3 Å². The largest absolute Gasteiger partial charge is 0.497 e. The van der Waals surface area contributed by atoms with E-state index in [0.29, 0.717) is 17.9 Å². The first kappa shape index (κ1) is 23.7. The quantitative estimate of drug-likeness (QED) is 0.359. The number of halogens is 1. The predicted molar refractivity (Wildman–Crippen MR) is 137 cm³/mol.